The van der Waals surface area contributed by atoms with Crippen molar-refractivity contribution < 1.29 is 14.6 Å². The van der Waals surface area contributed by atoms with E-state index in [4.69, 9.17) is 9.84 Å². The number of rotatable bonds is 8. The minimum absolute atomic E-state index is 0.0620. The summed E-state index contributed by atoms with van der Waals surface area (Å²) in [5.74, 6) is 0.0706. The summed E-state index contributed by atoms with van der Waals surface area (Å²) < 4.78 is 5.05. The van der Waals surface area contributed by atoms with Crippen LogP contribution in [0.5, 0.6) is 0 Å². The molecule has 0 fully saturated rings. The largest absolute Gasteiger partial charge is 0.394 e. The smallest absolute Gasteiger partial charge is 0.236 e. The van der Waals surface area contributed by atoms with Crippen molar-refractivity contribution >= 4 is 5.91 Å². The Balaban J connectivity index is 3.10. The van der Waals surface area contributed by atoms with Crippen molar-refractivity contribution in [3.05, 3.63) is 0 Å². The van der Waals surface area contributed by atoms with Gasteiger partial charge >= 0.3 is 0 Å². The number of likely N-dealkylation sites (N-methyl/N-ethyl adjacent to an activating group) is 1. The molecule has 0 aromatic carbocycles. The highest BCUT2D eigenvalue weighted by Crippen LogP contribution is 1.81. The summed E-state index contributed by atoms with van der Waals surface area (Å²) >= 11 is 0. The molecule has 0 heterocycles. The van der Waals surface area contributed by atoms with Gasteiger partial charge < -0.3 is 20.1 Å². The zero-order valence-corrected chi connectivity index (χ0v) is 8.95. The average Bonchev–Trinajstić information content (AvgIpc) is 2.16. The monoisotopic (exact) mass is 204 g/mol. The first-order chi connectivity index (χ1) is 6.68. The van der Waals surface area contributed by atoms with Crippen LogP contribution in [-0.4, -0.2) is 62.9 Å². The van der Waals surface area contributed by atoms with Gasteiger partial charge in [-0.1, -0.05) is 0 Å². The lowest BCUT2D eigenvalue weighted by molar-refractivity contribution is -0.127. The fourth-order valence-electron chi connectivity index (χ4n) is 0.819. The number of hydrogen-bond acceptors (Lipinski definition) is 4. The lowest BCUT2D eigenvalue weighted by atomic mass is 10.4. The normalized spacial score (nSPS) is 10.2. The number of nitrogens with one attached hydrogen (secondary N) is 1. The summed E-state index contributed by atoms with van der Waals surface area (Å²) in [7, 11) is 3.46. The van der Waals surface area contributed by atoms with Gasteiger partial charge in [0.2, 0.25) is 5.91 Å². The van der Waals surface area contributed by atoms with Crippen LogP contribution in [0, 0.1) is 0 Å². The second-order valence-corrected chi connectivity index (χ2v) is 3.15. The maximum atomic E-state index is 11.1. The van der Waals surface area contributed by atoms with Gasteiger partial charge in [0.25, 0.3) is 0 Å². The van der Waals surface area contributed by atoms with Crippen molar-refractivity contribution in [2.45, 2.75) is 6.42 Å². The Labute approximate surface area is 85.0 Å². The van der Waals surface area contributed by atoms with Crippen LogP contribution in [0.15, 0.2) is 0 Å². The maximum Gasteiger partial charge on any atom is 0.236 e. The Morgan fingerprint density at radius 3 is 2.71 bits per heavy atom. The fraction of sp³-hybridized carbons (Fsp3) is 0.889. The number of ether oxygens (including phenoxy) is 1. The predicted octanol–water partition coefficient (Wildman–Crippen LogP) is -0.937. The van der Waals surface area contributed by atoms with Crippen molar-refractivity contribution in [2.24, 2.45) is 0 Å². The Bertz CT molecular complexity index is 151. The molecule has 1 amide bonds. The van der Waals surface area contributed by atoms with Crippen LogP contribution in [0.4, 0.5) is 0 Å². The van der Waals surface area contributed by atoms with Crippen molar-refractivity contribution in [3.8, 4) is 0 Å². The third kappa shape index (κ3) is 7.97. The number of amides is 1. The molecule has 0 aromatic heterocycles. The molecule has 14 heavy (non-hydrogen) atoms. The lowest BCUT2D eigenvalue weighted by Gasteiger charge is -2.10. The molecule has 0 radical (unpaired) electrons. The first-order valence-corrected chi connectivity index (χ1v) is 4.78. The van der Waals surface area contributed by atoms with E-state index in [1.54, 1.807) is 19.0 Å². The van der Waals surface area contributed by atoms with E-state index >= 15 is 0 Å². The molecule has 5 heteroatoms. The van der Waals surface area contributed by atoms with Gasteiger partial charge in [-0.2, -0.15) is 0 Å². The number of hydrogen-bond donors (Lipinski definition) is 2. The molecule has 2 N–H and O–H groups in total. The van der Waals surface area contributed by atoms with Crippen LogP contribution in [0.1, 0.15) is 6.42 Å². The zero-order valence-electron chi connectivity index (χ0n) is 8.95. The highest BCUT2D eigenvalue weighted by molar-refractivity contribution is 5.77. The summed E-state index contributed by atoms with van der Waals surface area (Å²) in [5, 5.41) is 11.4. The highest BCUT2D eigenvalue weighted by atomic mass is 16.5. The third-order valence-electron chi connectivity index (χ3n) is 1.65. The van der Waals surface area contributed by atoms with Crippen molar-refractivity contribution in [2.75, 3.05) is 47.0 Å². The molecule has 0 atom stereocenters. The van der Waals surface area contributed by atoms with Gasteiger partial charge in [0.1, 0.15) is 0 Å². The molecule has 0 aliphatic rings. The molecule has 0 aliphatic heterocycles. The molecular formula is C9H20N2O3. The van der Waals surface area contributed by atoms with Crippen LogP contribution >= 0.6 is 0 Å². The van der Waals surface area contributed by atoms with Gasteiger partial charge in [-0.05, 0) is 13.0 Å². The van der Waals surface area contributed by atoms with E-state index in [-0.39, 0.29) is 12.5 Å². The molecule has 0 saturated carbocycles. The Hall–Kier alpha value is -0.650. The quantitative estimate of drug-likeness (QED) is 0.501. The molecule has 0 saturated heterocycles. The van der Waals surface area contributed by atoms with Crippen molar-refractivity contribution in [1.82, 2.24) is 10.2 Å². The Kier molecular flexibility index (Phi) is 8.51. The van der Waals surface area contributed by atoms with Crippen molar-refractivity contribution in [3.63, 3.8) is 0 Å². The molecule has 0 aromatic rings. The summed E-state index contributed by atoms with van der Waals surface area (Å²) in [4.78, 5) is 12.6. The van der Waals surface area contributed by atoms with Gasteiger partial charge in [0, 0.05) is 20.7 Å². The molecule has 0 rings (SSSR count). The van der Waals surface area contributed by atoms with Crippen LogP contribution in [0.25, 0.3) is 0 Å². The molecule has 0 bridgehead atoms. The molecule has 0 unspecified atom stereocenters. The first-order valence-electron chi connectivity index (χ1n) is 4.78. The first kappa shape index (κ1) is 13.4. The summed E-state index contributed by atoms with van der Waals surface area (Å²) in [6.07, 6.45) is 0.848. The predicted molar refractivity (Wildman–Crippen MR) is 54.1 cm³/mol. The molecule has 84 valence electrons. The van der Waals surface area contributed by atoms with Crippen molar-refractivity contribution in [1.29, 1.82) is 0 Å². The third-order valence-corrected chi connectivity index (χ3v) is 1.65. The second-order valence-electron chi connectivity index (χ2n) is 3.15. The van der Waals surface area contributed by atoms with Gasteiger partial charge in [0.15, 0.2) is 0 Å². The number of carbonyl (C=O) groups excluding carboxylic acids is 1. The molecule has 5 nitrogen and oxygen atoms in total. The zero-order chi connectivity index (χ0) is 10.8. The topological polar surface area (TPSA) is 61.8 Å². The molecular weight excluding hydrogens is 184 g/mol. The SMILES string of the molecule is CN(C)C(=O)CNCCCOCCO. The molecule has 0 spiro atoms. The summed E-state index contributed by atoms with van der Waals surface area (Å²) in [6, 6.07) is 0. The number of nitrogens with zero attached hydrogens (tertiary/aromatic N) is 1. The van der Waals surface area contributed by atoms with E-state index in [2.05, 4.69) is 5.32 Å². The van der Waals surface area contributed by atoms with Gasteiger partial charge in [-0.15, -0.1) is 0 Å². The Morgan fingerprint density at radius 1 is 1.43 bits per heavy atom. The Morgan fingerprint density at radius 2 is 2.14 bits per heavy atom. The van der Waals surface area contributed by atoms with E-state index in [0.29, 0.717) is 19.8 Å². The molecule has 0 aliphatic carbocycles. The van der Waals surface area contributed by atoms with Gasteiger partial charge in [-0.25, -0.2) is 0 Å². The number of carbonyl (C=O) groups is 1. The summed E-state index contributed by atoms with van der Waals surface area (Å²) in [5.41, 5.74) is 0. The van der Waals surface area contributed by atoms with E-state index in [9.17, 15) is 4.79 Å². The summed E-state index contributed by atoms with van der Waals surface area (Å²) in [6.45, 7) is 2.19. The minimum Gasteiger partial charge on any atom is -0.394 e. The van der Waals surface area contributed by atoms with Gasteiger partial charge in [0.05, 0.1) is 19.8 Å². The highest BCUT2D eigenvalue weighted by Gasteiger charge is 2.01. The van der Waals surface area contributed by atoms with Crippen LogP contribution in [0.2, 0.25) is 0 Å². The van der Waals surface area contributed by atoms with E-state index < -0.39 is 0 Å². The van der Waals surface area contributed by atoms with E-state index in [0.717, 1.165) is 13.0 Å². The van der Waals surface area contributed by atoms with E-state index in [1.807, 2.05) is 0 Å². The number of aliphatic hydroxyl groups excluding tert-OH is 1. The standard InChI is InChI=1S/C9H20N2O3/c1-11(2)9(13)8-10-4-3-6-14-7-5-12/h10,12H,3-8H2,1-2H3. The van der Waals surface area contributed by atoms with Crippen LogP contribution in [0.3, 0.4) is 0 Å². The fourth-order valence-corrected chi connectivity index (χ4v) is 0.819. The van der Waals surface area contributed by atoms with Gasteiger partial charge in [-0.3, -0.25) is 4.79 Å². The lowest BCUT2D eigenvalue weighted by Crippen LogP contribution is -2.33. The minimum atomic E-state index is 0.0620. The average molecular weight is 204 g/mol. The van der Waals surface area contributed by atoms with Crippen LogP contribution < -0.4 is 5.32 Å². The van der Waals surface area contributed by atoms with E-state index in [1.165, 1.54) is 0 Å². The maximum absolute atomic E-state index is 11.1. The second kappa shape index (κ2) is 8.93. The number of aliphatic hydroxyl groups is 1. The van der Waals surface area contributed by atoms with Crippen LogP contribution in [-0.2, 0) is 9.53 Å².